The first kappa shape index (κ1) is 11.4. The highest BCUT2D eigenvalue weighted by Crippen LogP contribution is 2.29. The van der Waals surface area contributed by atoms with Crippen LogP contribution in [-0.2, 0) is 11.2 Å². The van der Waals surface area contributed by atoms with Crippen LogP contribution in [0.4, 0.5) is 0 Å². The quantitative estimate of drug-likeness (QED) is 0.803. The summed E-state index contributed by atoms with van der Waals surface area (Å²) in [6, 6.07) is 5.36. The van der Waals surface area contributed by atoms with E-state index in [9.17, 15) is 4.79 Å². The number of hydrogen-bond donors (Lipinski definition) is 1. The van der Waals surface area contributed by atoms with Crippen LogP contribution in [0.15, 0.2) is 18.2 Å². The zero-order chi connectivity index (χ0) is 11.8. The molecule has 1 aliphatic heterocycles. The van der Waals surface area contributed by atoms with Gasteiger partial charge in [0, 0.05) is 18.0 Å². The average molecular weight is 240 g/mol. The van der Waals surface area contributed by atoms with Crippen molar-refractivity contribution in [3.63, 3.8) is 0 Å². The number of halogens is 1. The molecule has 2 rings (SSSR count). The van der Waals surface area contributed by atoms with Crippen LogP contribution >= 0.6 is 11.6 Å². The molecule has 1 aliphatic rings. The highest BCUT2D eigenvalue weighted by Gasteiger charge is 2.35. The topological polar surface area (TPSA) is 38.3 Å². The first-order valence-corrected chi connectivity index (χ1v) is 5.58. The zero-order valence-corrected chi connectivity index (χ0v) is 10.1. The van der Waals surface area contributed by atoms with E-state index in [4.69, 9.17) is 16.3 Å². The summed E-state index contributed by atoms with van der Waals surface area (Å²) in [5.41, 5.74) is 1.12. The maximum atomic E-state index is 11.8. The van der Waals surface area contributed by atoms with Gasteiger partial charge in [0.25, 0.3) is 0 Å². The number of fused-ring (bicyclic) bond motifs is 1. The number of carbonyl (C=O) groups is 1. The Kier molecular flexibility index (Phi) is 2.91. The second kappa shape index (κ2) is 4.07. The molecule has 1 aromatic rings. The van der Waals surface area contributed by atoms with Crippen molar-refractivity contribution in [1.29, 1.82) is 0 Å². The maximum absolute atomic E-state index is 11.8. The lowest BCUT2D eigenvalue weighted by molar-refractivity contribution is -0.0139. The lowest BCUT2D eigenvalue weighted by Crippen LogP contribution is -2.46. The van der Waals surface area contributed by atoms with Gasteiger partial charge in [-0.25, -0.2) is 4.79 Å². The molecule has 0 spiro atoms. The molecule has 0 bridgehead atoms. The van der Waals surface area contributed by atoms with Gasteiger partial charge in [-0.3, -0.25) is 0 Å². The SMILES string of the molecule is CNCC1(C)Cc2ccc(Cl)cc2C(=O)O1. The van der Waals surface area contributed by atoms with Gasteiger partial charge in [-0.1, -0.05) is 17.7 Å². The van der Waals surface area contributed by atoms with Gasteiger partial charge >= 0.3 is 5.97 Å². The van der Waals surface area contributed by atoms with E-state index < -0.39 is 5.60 Å². The van der Waals surface area contributed by atoms with Gasteiger partial charge in [-0.15, -0.1) is 0 Å². The van der Waals surface area contributed by atoms with Crippen molar-refractivity contribution in [3.8, 4) is 0 Å². The van der Waals surface area contributed by atoms with Crippen LogP contribution < -0.4 is 5.32 Å². The third-order valence-electron chi connectivity index (χ3n) is 2.75. The molecule has 1 aromatic carbocycles. The van der Waals surface area contributed by atoms with Gasteiger partial charge in [0.05, 0.1) is 5.56 Å². The number of ether oxygens (including phenoxy) is 1. The minimum absolute atomic E-state index is 0.290. The van der Waals surface area contributed by atoms with E-state index in [-0.39, 0.29) is 5.97 Å². The van der Waals surface area contributed by atoms with Crippen LogP contribution in [0.25, 0.3) is 0 Å². The van der Waals surface area contributed by atoms with Crippen LogP contribution in [-0.4, -0.2) is 25.2 Å². The van der Waals surface area contributed by atoms with E-state index in [1.165, 1.54) is 0 Å². The molecule has 0 aromatic heterocycles. The number of carbonyl (C=O) groups excluding carboxylic acids is 1. The molecule has 0 fully saturated rings. The van der Waals surface area contributed by atoms with E-state index in [1.54, 1.807) is 12.1 Å². The van der Waals surface area contributed by atoms with Crippen LogP contribution in [0, 0.1) is 0 Å². The summed E-state index contributed by atoms with van der Waals surface area (Å²) >= 11 is 5.85. The lowest BCUT2D eigenvalue weighted by Gasteiger charge is -2.34. The standard InChI is InChI=1S/C12H14ClNO2/c1-12(7-14-2)6-8-3-4-9(13)5-10(8)11(15)16-12/h3-5,14H,6-7H2,1-2H3. The van der Waals surface area contributed by atoms with Crippen molar-refractivity contribution in [2.24, 2.45) is 0 Å². The average Bonchev–Trinajstić information content (AvgIpc) is 2.19. The minimum Gasteiger partial charge on any atom is -0.454 e. The van der Waals surface area contributed by atoms with E-state index in [0.717, 1.165) is 5.56 Å². The number of cyclic esters (lactones) is 1. The smallest absolute Gasteiger partial charge is 0.339 e. The fourth-order valence-corrected chi connectivity index (χ4v) is 2.26. The van der Waals surface area contributed by atoms with Crippen molar-refractivity contribution in [2.45, 2.75) is 18.9 Å². The molecular weight excluding hydrogens is 226 g/mol. The number of rotatable bonds is 2. The molecule has 0 amide bonds. The fourth-order valence-electron chi connectivity index (χ4n) is 2.08. The maximum Gasteiger partial charge on any atom is 0.339 e. The summed E-state index contributed by atoms with van der Waals surface area (Å²) in [4.78, 5) is 11.8. The van der Waals surface area contributed by atoms with E-state index in [1.807, 2.05) is 20.0 Å². The Morgan fingerprint density at radius 2 is 2.31 bits per heavy atom. The van der Waals surface area contributed by atoms with Crippen molar-refractivity contribution in [2.75, 3.05) is 13.6 Å². The Hall–Kier alpha value is -1.06. The Morgan fingerprint density at radius 3 is 3.00 bits per heavy atom. The van der Waals surface area contributed by atoms with Crippen LogP contribution in [0.2, 0.25) is 5.02 Å². The van der Waals surface area contributed by atoms with E-state index >= 15 is 0 Å². The first-order valence-electron chi connectivity index (χ1n) is 5.20. The van der Waals surface area contributed by atoms with Crippen molar-refractivity contribution < 1.29 is 9.53 Å². The molecule has 4 heteroatoms. The predicted molar refractivity (Wildman–Crippen MR) is 62.9 cm³/mol. The fraction of sp³-hybridized carbons (Fsp3) is 0.417. The number of benzene rings is 1. The molecule has 0 saturated heterocycles. The van der Waals surface area contributed by atoms with Gasteiger partial charge in [-0.05, 0) is 31.7 Å². The molecule has 0 aliphatic carbocycles. The third-order valence-corrected chi connectivity index (χ3v) is 2.98. The second-order valence-electron chi connectivity index (χ2n) is 4.35. The Labute approximate surface area is 99.7 Å². The summed E-state index contributed by atoms with van der Waals surface area (Å²) in [6.45, 7) is 2.57. The Balaban J connectivity index is 2.37. The van der Waals surface area contributed by atoms with Crippen LogP contribution in [0.1, 0.15) is 22.8 Å². The summed E-state index contributed by atoms with van der Waals surface area (Å²) < 4.78 is 5.44. The van der Waals surface area contributed by atoms with Gasteiger partial charge in [0.15, 0.2) is 0 Å². The van der Waals surface area contributed by atoms with Crippen LogP contribution in [0.3, 0.4) is 0 Å². The van der Waals surface area contributed by atoms with Crippen molar-refractivity contribution >= 4 is 17.6 Å². The van der Waals surface area contributed by atoms with Gasteiger partial charge in [0.1, 0.15) is 5.60 Å². The third kappa shape index (κ3) is 2.06. The van der Waals surface area contributed by atoms with E-state index in [0.29, 0.717) is 23.6 Å². The lowest BCUT2D eigenvalue weighted by atomic mass is 9.90. The van der Waals surface area contributed by atoms with E-state index in [2.05, 4.69) is 5.32 Å². The number of esters is 1. The minimum atomic E-state index is -0.466. The number of hydrogen-bond acceptors (Lipinski definition) is 3. The van der Waals surface area contributed by atoms with Gasteiger partial charge in [-0.2, -0.15) is 0 Å². The van der Waals surface area contributed by atoms with Gasteiger partial charge in [0.2, 0.25) is 0 Å². The monoisotopic (exact) mass is 239 g/mol. The first-order chi connectivity index (χ1) is 7.54. The summed E-state index contributed by atoms with van der Waals surface area (Å²) in [6.07, 6.45) is 0.714. The largest absolute Gasteiger partial charge is 0.454 e. The Bertz CT molecular complexity index is 433. The summed E-state index contributed by atoms with van der Waals surface area (Å²) in [5.74, 6) is -0.290. The molecule has 1 heterocycles. The molecular formula is C12H14ClNO2. The molecule has 0 saturated carbocycles. The molecule has 86 valence electrons. The molecule has 1 unspecified atom stereocenters. The highest BCUT2D eigenvalue weighted by molar-refractivity contribution is 6.31. The summed E-state index contributed by atoms with van der Waals surface area (Å²) in [7, 11) is 1.84. The molecule has 16 heavy (non-hydrogen) atoms. The second-order valence-corrected chi connectivity index (χ2v) is 4.78. The normalized spacial score (nSPS) is 23.8. The number of likely N-dealkylation sites (N-methyl/N-ethyl adjacent to an activating group) is 1. The van der Waals surface area contributed by atoms with Crippen molar-refractivity contribution in [1.82, 2.24) is 5.32 Å². The van der Waals surface area contributed by atoms with Crippen LogP contribution in [0.5, 0.6) is 0 Å². The number of nitrogens with one attached hydrogen (secondary N) is 1. The van der Waals surface area contributed by atoms with Gasteiger partial charge < -0.3 is 10.1 Å². The van der Waals surface area contributed by atoms with Crippen molar-refractivity contribution in [3.05, 3.63) is 34.3 Å². The predicted octanol–water partition coefficient (Wildman–Crippen LogP) is 2.03. The Morgan fingerprint density at radius 1 is 1.56 bits per heavy atom. The zero-order valence-electron chi connectivity index (χ0n) is 9.34. The molecule has 3 nitrogen and oxygen atoms in total. The molecule has 1 atom stereocenters. The highest BCUT2D eigenvalue weighted by atomic mass is 35.5. The molecule has 1 N–H and O–H groups in total. The summed E-state index contributed by atoms with van der Waals surface area (Å²) in [5, 5.41) is 3.60. The molecule has 0 radical (unpaired) electrons.